The highest BCUT2D eigenvalue weighted by Gasteiger charge is 2.46. The summed E-state index contributed by atoms with van der Waals surface area (Å²) in [6.45, 7) is 16.6. The molecule has 0 rings (SSSR count). The van der Waals surface area contributed by atoms with E-state index in [1.807, 2.05) is 13.8 Å². The summed E-state index contributed by atoms with van der Waals surface area (Å²) in [7, 11) is 0. The van der Waals surface area contributed by atoms with Crippen LogP contribution < -0.4 is 0 Å². The zero-order chi connectivity index (χ0) is 24.8. The third-order valence-corrected chi connectivity index (χ3v) is 5.78. The summed E-state index contributed by atoms with van der Waals surface area (Å²) in [4.78, 5) is 46.5. The Morgan fingerprint density at radius 1 is 0.677 bits per heavy atom. The number of aliphatic carboxylic acids is 1. The van der Waals surface area contributed by atoms with Crippen molar-refractivity contribution in [2.75, 3.05) is 13.2 Å². The number of esters is 3. The molecule has 0 aliphatic heterocycles. The average Bonchev–Trinajstić information content (AvgIpc) is 2.71. The molecule has 0 aromatic heterocycles. The first kappa shape index (κ1) is 31.1. The quantitative estimate of drug-likeness (QED) is 0.267. The van der Waals surface area contributed by atoms with Crippen molar-refractivity contribution in [2.24, 2.45) is 16.7 Å². The maximum Gasteiger partial charge on any atom is 0.323 e. The largest absolute Gasteiger partial charge is 0.480 e. The van der Waals surface area contributed by atoms with Gasteiger partial charge in [-0.3, -0.25) is 19.2 Å². The van der Waals surface area contributed by atoms with Crippen molar-refractivity contribution in [1.29, 1.82) is 0 Å². The van der Waals surface area contributed by atoms with Gasteiger partial charge in [0.25, 0.3) is 0 Å². The van der Waals surface area contributed by atoms with Gasteiger partial charge in [-0.25, -0.2) is 0 Å². The van der Waals surface area contributed by atoms with Gasteiger partial charge >= 0.3 is 23.9 Å². The van der Waals surface area contributed by atoms with Crippen LogP contribution in [0.3, 0.4) is 0 Å². The molecule has 0 aliphatic carbocycles. The van der Waals surface area contributed by atoms with Gasteiger partial charge in [0.05, 0.1) is 13.2 Å². The van der Waals surface area contributed by atoms with Crippen LogP contribution >= 0.6 is 0 Å². The first-order valence-electron chi connectivity index (χ1n) is 11.2. The maximum absolute atomic E-state index is 11.9. The van der Waals surface area contributed by atoms with E-state index in [9.17, 15) is 19.2 Å². The van der Waals surface area contributed by atoms with E-state index in [4.69, 9.17) is 19.3 Å². The van der Waals surface area contributed by atoms with E-state index in [0.29, 0.717) is 12.8 Å². The number of rotatable bonds is 12. The molecule has 8 nitrogen and oxygen atoms in total. The number of carboxylic acid groups (broad SMARTS) is 1. The fourth-order valence-corrected chi connectivity index (χ4v) is 2.80. The van der Waals surface area contributed by atoms with Crippen LogP contribution in [0.4, 0.5) is 0 Å². The molecule has 0 heterocycles. The zero-order valence-electron chi connectivity index (χ0n) is 20.7. The molecular weight excluding hydrogens is 404 g/mol. The summed E-state index contributed by atoms with van der Waals surface area (Å²) in [6, 6.07) is 0. The second kappa shape index (κ2) is 14.8. The number of hydrogen-bond acceptors (Lipinski definition) is 7. The average molecular weight is 447 g/mol. The van der Waals surface area contributed by atoms with Gasteiger partial charge in [0.15, 0.2) is 10.8 Å². The van der Waals surface area contributed by atoms with Crippen molar-refractivity contribution >= 4 is 23.9 Å². The molecule has 8 heteroatoms. The van der Waals surface area contributed by atoms with Crippen molar-refractivity contribution in [3.8, 4) is 0 Å². The number of carbonyl (C=O) groups excluding carboxylic acids is 3. The van der Waals surface area contributed by atoms with Gasteiger partial charge in [-0.15, -0.1) is 0 Å². The summed E-state index contributed by atoms with van der Waals surface area (Å²) in [5, 5.41) is 9.14. The minimum absolute atomic E-state index is 0.184. The predicted octanol–water partition coefficient (Wildman–Crippen LogP) is 4.38. The molecule has 0 aromatic carbocycles. The molecule has 0 saturated carbocycles. The van der Waals surface area contributed by atoms with Crippen LogP contribution in [0.2, 0.25) is 0 Å². The topological polar surface area (TPSA) is 116 Å². The number of hydrogen-bond donors (Lipinski definition) is 1. The minimum Gasteiger partial charge on any atom is -0.480 e. The molecular formula is C23H42O8. The smallest absolute Gasteiger partial charge is 0.323 e. The Balaban J connectivity index is 0. The van der Waals surface area contributed by atoms with Crippen LogP contribution in [-0.2, 0) is 33.4 Å². The van der Waals surface area contributed by atoms with Gasteiger partial charge in [-0.05, 0) is 52.4 Å². The molecule has 0 aliphatic rings. The summed E-state index contributed by atoms with van der Waals surface area (Å²) < 4.78 is 15.0. The summed E-state index contributed by atoms with van der Waals surface area (Å²) in [5.41, 5.74) is -2.50. The molecule has 1 N–H and O–H groups in total. The molecule has 0 aromatic rings. The highest BCUT2D eigenvalue weighted by molar-refractivity contribution is 6.00. The maximum atomic E-state index is 11.9. The van der Waals surface area contributed by atoms with Crippen LogP contribution in [-0.4, -0.2) is 48.3 Å². The molecule has 0 amide bonds. The van der Waals surface area contributed by atoms with Crippen LogP contribution in [0.5, 0.6) is 0 Å². The van der Waals surface area contributed by atoms with E-state index >= 15 is 0 Å². The molecule has 0 spiro atoms. The molecule has 1 atom stereocenters. The molecule has 1 unspecified atom stereocenters. The van der Waals surface area contributed by atoms with Crippen molar-refractivity contribution in [3.63, 3.8) is 0 Å². The van der Waals surface area contributed by atoms with E-state index < -0.39 is 34.7 Å². The second-order valence-electron chi connectivity index (χ2n) is 7.68. The Kier molecular flexibility index (Phi) is 14.8. The van der Waals surface area contributed by atoms with E-state index in [0.717, 1.165) is 0 Å². The molecule has 0 radical (unpaired) electrons. The van der Waals surface area contributed by atoms with Crippen molar-refractivity contribution in [2.45, 2.75) is 94.1 Å². The molecule has 0 bridgehead atoms. The Hall–Kier alpha value is -2.12. The minimum atomic E-state index is -1.39. The van der Waals surface area contributed by atoms with Gasteiger partial charge in [0, 0.05) is 0 Å². The fourth-order valence-electron chi connectivity index (χ4n) is 2.80. The lowest BCUT2D eigenvalue weighted by atomic mass is 9.82. The number of carboxylic acids is 1. The Morgan fingerprint density at radius 2 is 1.03 bits per heavy atom. The normalized spacial score (nSPS) is 12.3. The third-order valence-electron chi connectivity index (χ3n) is 5.78. The van der Waals surface area contributed by atoms with Crippen LogP contribution in [0.1, 0.15) is 88.0 Å². The standard InChI is InChI=1S/C12H22O4.C11H20O4/c1-6-12(7-2,10(13)14)11(15)16-9(5)8(3)4;1-5-11(6-2,9(12)14-7-3)10(13)15-8-4/h8-9H,6-7H2,1-5H3,(H,13,14);5-8H2,1-4H3. The summed E-state index contributed by atoms with van der Waals surface area (Å²) >= 11 is 0. The van der Waals surface area contributed by atoms with Crippen molar-refractivity contribution < 1.29 is 38.5 Å². The van der Waals surface area contributed by atoms with E-state index in [1.54, 1.807) is 48.5 Å². The fraction of sp³-hybridized carbons (Fsp3) is 0.826. The van der Waals surface area contributed by atoms with Crippen LogP contribution in [0, 0.1) is 16.7 Å². The molecule has 0 fully saturated rings. The predicted molar refractivity (Wildman–Crippen MR) is 117 cm³/mol. The SMILES string of the molecule is CCC(CC)(C(=O)O)C(=O)OC(C)C(C)C.CCOC(=O)C(CC)(CC)C(=O)OCC. The monoisotopic (exact) mass is 446 g/mol. The second-order valence-corrected chi connectivity index (χ2v) is 7.68. The van der Waals surface area contributed by atoms with Gasteiger partial charge in [0.1, 0.15) is 6.10 Å². The Bertz CT molecular complexity index is 554. The van der Waals surface area contributed by atoms with Crippen molar-refractivity contribution in [1.82, 2.24) is 0 Å². The number of carbonyl (C=O) groups is 4. The Labute approximate surface area is 187 Å². The Morgan fingerprint density at radius 3 is 1.26 bits per heavy atom. The van der Waals surface area contributed by atoms with Gasteiger partial charge in [0.2, 0.25) is 0 Å². The molecule has 31 heavy (non-hydrogen) atoms. The highest BCUT2D eigenvalue weighted by Crippen LogP contribution is 2.30. The molecule has 182 valence electrons. The lowest BCUT2D eigenvalue weighted by Crippen LogP contribution is -2.41. The molecule has 0 saturated heterocycles. The van der Waals surface area contributed by atoms with E-state index in [1.165, 1.54) is 0 Å². The lowest BCUT2D eigenvalue weighted by molar-refractivity contribution is -0.175. The number of ether oxygens (including phenoxy) is 3. The van der Waals surface area contributed by atoms with E-state index in [-0.39, 0.29) is 38.1 Å². The highest BCUT2D eigenvalue weighted by atomic mass is 16.6. The van der Waals surface area contributed by atoms with Gasteiger partial charge in [-0.2, -0.15) is 0 Å². The van der Waals surface area contributed by atoms with Crippen LogP contribution in [0.15, 0.2) is 0 Å². The lowest BCUT2D eigenvalue weighted by Gasteiger charge is -2.27. The summed E-state index contributed by atoms with van der Waals surface area (Å²) in [6.07, 6.45) is 1.05. The first-order valence-corrected chi connectivity index (χ1v) is 11.2. The zero-order valence-corrected chi connectivity index (χ0v) is 20.7. The first-order chi connectivity index (χ1) is 14.4. The van der Waals surface area contributed by atoms with E-state index in [2.05, 4.69) is 0 Å². The van der Waals surface area contributed by atoms with Gasteiger partial charge in [-0.1, -0.05) is 41.5 Å². The summed E-state index contributed by atoms with van der Waals surface area (Å²) in [5.74, 6) is -2.49. The van der Waals surface area contributed by atoms with Gasteiger partial charge < -0.3 is 19.3 Å². The third kappa shape index (κ3) is 8.15. The van der Waals surface area contributed by atoms with Crippen molar-refractivity contribution in [3.05, 3.63) is 0 Å². The van der Waals surface area contributed by atoms with Crippen LogP contribution in [0.25, 0.3) is 0 Å².